The summed E-state index contributed by atoms with van der Waals surface area (Å²) in [6, 6.07) is 51.0. The lowest BCUT2D eigenvalue weighted by atomic mass is 9.86. The molecular weight excluding hydrogens is 585 g/mol. The molecule has 1 aliphatic heterocycles. The number of anilines is 1. The molecule has 234 valence electrons. The first kappa shape index (κ1) is 28.5. The summed E-state index contributed by atoms with van der Waals surface area (Å²) in [5.74, 6) is 1.17. The normalized spacial score (nSPS) is 13.8. The van der Waals surface area contributed by atoms with E-state index in [2.05, 4.69) is 192 Å². The Morgan fingerprint density at radius 1 is 0.479 bits per heavy atom. The zero-order valence-corrected chi connectivity index (χ0v) is 27.9. The van der Waals surface area contributed by atoms with Crippen molar-refractivity contribution in [2.24, 2.45) is 0 Å². The van der Waals surface area contributed by atoms with E-state index in [1.165, 1.54) is 77.5 Å². The first-order valence-electron chi connectivity index (χ1n) is 16.8. The second-order valence-electron chi connectivity index (χ2n) is 14.1. The Morgan fingerprint density at radius 3 is 1.65 bits per heavy atom. The molecule has 9 rings (SSSR count). The van der Waals surface area contributed by atoms with Crippen LogP contribution in [-0.4, -0.2) is 27.8 Å². The maximum Gasteiger partial charge on any atom is 0.131 e. The zero-order valence-electron chi connectivity index (χ0n) is 27.9. The van der Waals surface area contributed by atoms with Gasteiger partial charge in [0.05, 0.1) is 28.7 Å². The standard InChI is InChI=1S/C44H38N4/c1-44(2,3)32-25-33(46-28-43(45(4)29-46)48-40-20-12-9-16-35(40)36-17-10-13-21-41(36)48)27-34(26-32)47-39-19-11-8-18-37(39)38-23-22-31(24-42(38)47)30-14-6-5-7-15-30/h5-28H,29H2,1-4H3. The fraction of sp³-hybridized carbons (Fsp3) is 0.136. The zero-order chi connectivity index (χ0) is 32.6. The van der Waals surface area contributed by atoms with Gasteiger partial charge >= 0.3 is 0 Å². The van der Waals surface area contributed by atoms with Crippen molar-refractivity contribution in [3.8, 4) is 16.8 Å². The van der Waals surface area contributed by atoms with Crippen molar-refractivity contribution in [2.45, 2.75) is 26.2 Å². The molecule has 0 spiro atoms. The second-order valence-corrected chi connectivity index (χ2v) is 14.1. The van der Waals surface area contributed by atoms with Gasteiger partial charge in [0.2, 0.25) is 0 Å². The number of nitrogens with zero attached hydrogens (tertiary/aromatic N) is 4. The minimum atomic E-state index is -0.0380. The van der Waals surface area contributed by atoms with Gasteiger partial charge in [-0.15, -0.1) is 0 Å². The monoisotopic (exact) mass is 622 g/mol. The maximum absolute atomic E-state index is 2.47. The van der Waals surface area contributed by atoms with Crippen LogP contribution in [0.1, 0.15) is 26.3 Å². The molecule has 6 aromatic carbocycles. The minimum Gasteiger partial charge on any atom is -0.341 e. The smallest absolute Gasteiger partial charge is 0.131 e. The Morgan fingerprint density at radius 2 is 1.02 bits per heavy atom. The van der Waals surface area contributed by atoms with Crippen LogP contribution < -0.4 is 4.90 Å². The highest BCUT2D eigenvalue weighted by Crippen LogP contribution is 2.40. The van der Waals surface area contributed by atoms with Crippen molar-refractivity contribution in [2.75, 3.05) is 18.6 Å². The third-order valence-electron chi connectivity index (χ3n) is 9.98. The molecule has 3 heterocycles. The van der Waals surface area contributed by atoms with Crippen molar-refractivity contribution in [1.82, 2.24) is 14.0 Å². The van der Waals surface area contributed by atoms with Crippen LogP contribution in [0.25, 0.3) is 66.2 Å². The van der Waals surface area contributed by atoms with E-state index < -0.39 is 0 Å². The molecule has 0 saturated heterocycles. The van der Waals surface area contributed by atoms with Gasteiger partial charge in [-0.25, -0.2) is 0 Å². The summed E-state index contributed by atoms with van der Waals surface area (Å²) in [5, 5.41) is 5.09. The van der Waals surface area contributed by atoms with Gasteiger partial charge < -0.3 is 14.4 Å². The van der Waals surface area contributed by atoms with Gasteiger partial charge in [-0.1, -0.05) is 118 Å². The molecule has 2 aromatic heterocycles. The van der Waals surface area contributed by atoms with Gasteiger partial charge in [0, 0.05) is 46.2 Å². The average Bonchev–Trinajstić information content (AvgIpc) is 3.77. The van der Waals surface area contributed by atoms with Crippen LogP contribution in [0.4, 0.5) is 5.69 Å². The summed E-state index contributed by atoms with van der Waals surface area (Å²) in [5.41, 5.74) is 11.0. The molecule has 0 saturated carbocycles. The van der Waals surface area contributed by atoms with Crippen LogP contribution in [0.3, 0.4) is 0 Å². The summed E-state index contributed by atoms with van der Waals surface area (Å²) in [7, 11) is 2.20. The highest BCUT2D eigenvalue weighted by molar-refractivity contribution is 6.11. The number of fused-ring (bicyclic) bond motifs is 6. The first-order valence-corrected chi connectivity index (χ1v) is 16.8. The Bertz CT molecular complexity index is 2490. The molecule has 0 N–H and O–H groups in total. The number of benzene rings is 6. The van der Waals surface area contributed by atoms with Crippen molar-refractivity contribution in [3.05, 3.63) is 151 Å². The second kappa shape index (κ2) is 10.6. The molecule has 1 aliphatic rings. The van der Waals surface area contributed by atoms with E-state index in [9.17, 15) is 0 Å². The van der Waals surface area contributed by atoms with Gasteiger partial charge in [-0.05, 0) is 64.6 Å². The van der Waals surface area contributed by atoms with Crippen LogP contribution in [0.2, 0.25) is 0 Å². The maximum atomic E-state index is 2.47. The summed E-state index contributed by atoms with van der Waals surface area (Å²) in [6.45, 7) is 7.69. The molecule has 8 aromatic rings. The Labute approximate surface area is 281 Å². The predicted octanol–water partition coefficient (Wildman–Crippen LogP) is 11.0. The molecule has 0 amide bonds. The van der Waals surface area contributed by atoms with E-state index in [1.807, 2.05) is 0 Å². The summed E-state index contributed by atoms with van der Waals surface area (Å²) < 4.78 is 4.88. The van der Waals surface area contributed by atoms with Crippen LogP contribution in [0, 0.1) is 0 Å². The number of hydrogen-bond acceptors (Lipinski definition) is 2. The fourth-order valence-electron chi connectivity index (χ4n) is 7.52. The highest BCUT2D eigenvalue weighted by Gasteiger charge is 2.26. The number of para-hydroxylation sites is 3. The Kier molecular flexibility index (Phi) is 6.32. The van der Waals surface area contributed by atoms with E-state index in [0.717, 1.165) is 6.67 Å². The van der Waals surface area contributed by atoms with E-state index in [4.69, 9.17) is 0 Å². The topological polar surface area (TPSA) is 16.3 Å². The van der Waals surface area contributed by atoms with E-state index in [-0.39, 0.29) is 5.41 Å². The molecular formula is C44H38N4. The highest BCUT2D eigenvalue weighted by atomic mass is 15.4. The minimum absolute atomic E-state index is 0.0380. The number of rotatable bonds is 4. The van der Waals surface area contributed by atoms with Gasteiger partial charge in [0.25, 0.3) is 0 Å². The molecule has 48 heavy (non-hydrogen) atoms. The Balaban J connectivity index is 1.25. The third-order valence-corrected chi connectivity index (χ3v) is 9.98. The van der Waals surface area contributed by atoms with Gasteiger partial charge in [0.15, 0.2) is 0 Å². The summed E-state index contributed by atoms with van der Waals surface area (Å²) >= 11 is 0. The summed E-state index contributed by atoms with van der Waals surface area (Å²) in [4.78, 5) is 4.76. The van der Waals surface area contributed by atoms with Crippen LogP contribution in [0.15, 0.2) is 146 Å². The molecule has 0 bridgehead atoms. The van der Waals surface area contributed by atoms with E-state index in [1.54, 1.807) is 0 Å². The van der Waals surface area contributed by atoms with Crippen molar-refractivity contribution in [1.29, 1.82) is 0 Å². The van der Waals surface area contributed by atoms with Crippen molar-refractivity contribution in [3.63, 3.8) is 0 Å². The van der Waals surface area contributed by atoms with Crippen LogP contribution in [-0.2, 0) is 5.41 Å². The summed E-state index contributed by atoms with van der Waals surface area (Å²) in [6.07, 6.45) is 2.32. The largest absolute Gasteiger partial charge is 0.341 e. The number of aromatic nitrogens is 2. The lowest BCUT2D eigenvalue weighted by Crippen LogP contribution is -2.24. The molecule has 4 heteroatoms. The average molecular weight is 623 g/mol. The van der Waals surface area contributed by atoms with Crippen LogP contribution in [0.5, 0.6) is 0 Å². The van der Waals surface area contributed by atoms with Gasteiger partial charge in [-0.2, -0.15) is 0 Å². The van der Waals surface area contributed by atoms with Crippen molar-refractivity contribution < 1.29 is 0 Å². The molecule has 0 fully saturated rings. The SMILES string of the molecule is CN1CN(c2cc(-n3c4ccccc4c4ccc(-c5ccccc5)cc43)cc(C(C)(C)C)c2)C=C1n1c2ccccc2c2ccccc21. The molecule has 0 radical (unpaired) electrons. The predicted molar refractivity (Wildman–Crippen MR) is 204 cm³/mol. The third kappa shape index (κ3) is 4.44. The quantitative estimate of drug-likeness (QED) is 0.194. The molecule has 0 unspecified atom stereocenters. The molecule has 0 atom stereocenters. The van der Waals surface area contributed by atoms with E-state index in [0.29, 0.717) is 0 Å². The van der Waals surface area contributed by atoms with Crippen LogP contribution >= 0.6 is 0 Å². The molecule has 0 aliphatic carbocycles. The molecule has 4 nitrogen and oxygen atoms in total. The van der Waals surface area contributed by atoms with Crippen molar-refractivity contribution >= 4 is 55.1 Å². The van der Waals surface area contributed by atoms with E-state index >= 15 is 0 Å². The Hall–Kier alpha value is -5.74. The fourth-order valence-corrected chi connectivity index (χ4v) is 7.52. The number of hydrogen-bond donors (Lipinski definition) is 0. The lowest BCUT2D eigenvalue weighted by molar-refractivity contribution is 0.497. The first-order chi connectivity index (χ1) is 23.3. The lowest BCUT2D eigenvalue weighted by Gasteiger charge is -2.25. The van der Waals surface area contributed by atoms with Gasteiger partial charge in [-0.3, -0.25) is 4.57 Å². The van der Waals surface area contributed by atoms with Gasteiger partial charge in [0.1, 0.15) is 5.82 Å².